The maximum atomic E-state index is 5.82. The summed E-state index contributed by atoms with van der Waals surface area (Å²) in [7, 11) is 3.30. The largest absolute Gasteiger partial charge is 0.493 e. The second kappa shape index (κ2) is 8.74. The molecule has 0 radical (unpaired) electrons. The Morgan fingerprint density at radius 1 is 1.20 bits per heavy atom. The molecule has 0 bridgehead atoms. The Bertz CT molecular complexity index is 668. The van der Waals surface area contributed by atoms with E-state index in [1.165, 1.54) is 0 Å². The van der Waals surface area contributed by atoms with Crippen LogP contribution in [0.4, 0.5) is 0 Å². The van der Waals surface area contributed by atoms with E-state index in [1.54, 1.807) is 20.5 Å². The fraction of sp³-hybridized carbons (Fsp3) is 0.474. The molecule has 1 aromatic carbocycles. The highest BCUT2D eigenvalue weighted by atomic mass is 79.9. The minimum absolute atomic E-state index is 0.286. The quantitative estimate of drug-likeness (QED) is 0.652. The highest BCUT2D eigenvalue weighted by molar-refractivity contribution is 9.10. The maximum Gasteiger partial charge on any atom is 0.175 e. The van der Waals surface area contributed by atoms with Gasteiger partial charge in [-0.25, -0.2) is 0 Å². The van der Waals surface area contributed by atoms with Gasteiger partial charge in [0.15, 0.2) is 11.5 Å². The van der Waals surface area contributed by atoms with Crippen molar-refractivity contribution in [3.05, 3.63) is 46.3 Å². The van der Waals surface area contributed by atoms with E-state index < -0.39 is 0 Å². The van der Waals surface area contributed by atoms with Crippen LogP contribution < -0.4 is 9.47 Å². The summed E-state index contributed by atoms with van der Waals surface area (Å²) in [6, 6.07) is 7.93. The third-order valence-corrected chi connectivity index (χ3v) is 5.27. The lowest BCUT2D eigenvalue weighted by molar-refractivity contribution is 0.0654. The maximum absolute atomic E-state index is 5.82. The molecule has 6 heteroatoms. The van der Waals surface area contributed by atoms with Crippen LogP contribution in [-0.2, 0) is 17.8 Å². The number of benzene rings is 1. The van der Waals surface area contributed by atoms with Crippen molar-refractivity contribution in [3.8, 4) is 11.5 Å². The van der Waals surface area contributed by atoms with E-state index in [4.69, 9.17) is 18.6 Å². The van der Waals surface area contributed by atoms with E-state index >= 15 is 0 Å². The Labute approximate surface area is 157 Å². The molecule has 1 aliphatic heterocycles. The summed E-state index contributed by atoms with van der Waals surface area (Å²) in [4.78, 5) is 2.35. The Hall–Kier alpha value is -1.50. The van der Waals surface area contributed by atoms with Crippen LogP contribution in [0.15, 0.2) is 39.4 Å². The predicted molar refractivity (Wildman–Crippen MR) is 99.0 cm³/mol. The zero-order valence-electron chi connectivity index (χ0n) is 14.7. The van der Waals surface area contributed by atoms with Gasteiger partial charge in [0, 0.05) is 19.7 Å². The summed E-state index contributed by atoms with van der Waals surface area (Å²) < 4.78 is 23.1. The van der Waals surface area contributed by atoms with Gasteiger partial charge >= 0.3 is 0 Å². The van der Waals surface area contributed by atoms with E-state index in [-0.39, 0.29) is 6.10 Å². The topological polar surface area (TPSA) is 44.1 Å². The van der Waals surface area contributed by atoms with Crippen molar-refractivity contribution >= 4 is 15.9 Å². The number of hydrogen-bond acceptors (Lipinski definition) is 5. The van der Waals surface area contributed by atoms with Crippen LogP contribution in [0.1, 0.15) is 24.2 Å². The van der Waals surface area contributed by atoms with E-state index in [0.717, 1.165) is 66.4 Å². The summed E-state index contributed by atoms with van der Waals surface area (Å²) in [5.41, 5.74) is 1.14. The first-order valence-corrected chi connectivity index (χ1v) is 9.26. The number of ether oxygens (including phenoxy) is 3. The molecule has 1 saturated heterocycles. The Morgan fingerprint density at radius 2 is 2.08 bits per heavy atom. The number of nitrogens with zero attached hydrogens (tertiary/aromatic N) is 1. The molecule has 0 N–H and O–H groups in total. The van der Waals surface area contributed by atoms with Gasteiger partial charge in [-0.1, -0.05) is 6.07 Å². The van der Waals surface area contributed by atoms with Crippen LogP contribution in [0.5, 0.6) is 11.5 Å². The van der Waals surface area contributed by atoms with Crippen molar-refractivity contribution in [1.29, 1.82) is 0 Å². The highest BCUT2D eigenvalue weighted by Gasteiger charge is 2.22. The summed E-state index contributed by atoms with van der Waals surface area (Å²) in [6.45, 7) is 3.25. The predicted octanol–water partition coefficient (Wildman–Crippen LogP) is 4.24. The molecule has 0 saturated carbocycles. The smallest absolute Gasteiger partial charge is 0.175 e. The number of rotatable bonds is 8. The van der Waals surface area contributed by atoms with Gasteiger partial charge in [0.2, 0.25) is 0 Å². The van der Waals surface area contributed by atoms with Gasteiger partial charge in [-0.15, -0.1) is 0 Å². The monoisotopic (exact) mass is 409 g/mol. The Kier molecular flexibility index (Phi) is 6.39. The zero-order valence-corrected chi connectivity index (χ0v) is 16.3. The van der Waals surface area contributed by atoms with Crippen LogP contribution >= 0.6 is 15.9 Å². The van der Waals surface area contributed by atoms with Gasteiger partial charge in [-0.2, -0.15) is 0 Å². The van der Waals surface area contributed by atoms with E-state index in [0.29, 0.717) is 0 Å². The molecule has 2 heterocycles. The lowest BCUT2D eigenvalue weighted by Gasteiger charge is -2.25. The highest BCUT2D eigenvalue weighted by Crippen LogP contribution is 2.38. The molecule has 1 atom stereocenters. The molecule has 5 nitrogen and oxygen atoms in total. The van der Waals surface area contributed by atoms with Crippen molar-refractivity contribution in [3.63, 3.8) is 0 Å². The molecule has 136 valence electrons. The molecule has 0 amide bonds. The first-order chi connectivity index (χ1) is 12.2. The van der Waals surface area contributed by atoms with Gasteiger partial charge in [-0.05, 0) is 52.5 Å². The Balaban J connectivity index is 1.78. The van der Waals surface area contributed by atoms with Crippen LogP contribution in [-0.4, -0.2) is 38.4 Å². The third kappa shape index (κ3) is 4.57. The van der Waals surface area contributed by atoms with Crippen LogP contribution in [0.3, 0.4) is 0 Å². The van der Waals surface area contributed by atoms with Crippen molar-refractivity contribution in [2.24, 2.45) is 0 Å². The average molecular weight is 410 g/mol. The molecule has 0 spiro atoms. The van der Waals surface area contributed by atoms with Crippen LogP contribution in [0.2, 0.25) is 0 Å². The van der Waals surface area contributed by atoms with Crippen molar-refractivity contribution in [1.82, 2.24) is 4.90 Å². The third-order valence-electron chi connectivity index (χ3n) is 4.40. The molecular formula is C19H24BrNO4. The van der Waals surface area contributed by atoms with Crippen molar-refractivity contribution < 1.29 is 18.6 Å². The van der Waals surface area contributed by atoms with Crippen molar-refractivity contribution in [2.75, 3.05) is 27.4 Å². The van der Waals surface area contributed by atoms with Crippen LogP contribution in [0.25, 0.3) is 0 Å². The average Bonchev–Trinajstić information content (AvgIpc) is 3.30. The van der Waals surface area contributed by atoms with Crippen molar-refractivity contribution in [2.45, 2.75) is 32.0 Å². The molecule has 0 aliphatic carbocycles. The summed E-state index contributed by atoms with van der Waals surface area (Å²) in [6.07, 6.45) is 4.25. The molecule has 1 unspecified atom stereocenters. The first kappa shape index (κ1) is 18.3. The van der Waals surface area contributed by atoms with Gasteiger partial charge in [0.1, 0.15) is 5.76 Å². The normalized spacial score (nSPS) is 17.2. The van der Waals surface area contributed by atoms with Gasteiger partial charge in [-0.3, -0.25) is 4.90 Å². The summed E-state index contributed by atoms with van der Waals surface area (Å²) >= 11 is 3.67. The number of halogens is 1. The minimum atomic E-state index is 0.286. The molecule has 3 rings (SSSR count). The summed E-state index contributed by atoms with van der Waals surface area (Å²) in [5.74, 6) is 2.39. The SMILES string of the molecule is COc1ccc(CN(Cc2ccco2)CC2CCCO2)c(Br)c1OC. The molecule has 1 aromatic heterocycles. The first-order valence-electron chi connectivity index (χ1n) is 8.47. The molecule has 1 fully saturated rings. The molecular weight excluding hydrogens is 386 g/mol. The minimum Gasteiger partial charge on any atom is -0.493 e. The lowest BCUT2D eigenvalue weighted by atomic mass is 10.1. The second-order valence-corrected chi connectivity index (χ2v) is 6.95. The van der Waals surface area contributed by atoms with Crippen LogP contribution in [0, 0.1) is 0 Å². The lowest BCUT2D eigenvalue weighted by Crippen LogP contribution is -2.31. The molecule has 25 heavy (non-hydrogen) atoms. The fourth-order valence-electron chi connectivity index (χ4n) is 3.18. The van der Waals surface area contributed by atoms with E-state index in [2.05, 4.69) is 26.9 Å². The Morgan fingerprint density at radius 3 is 2.72 bits per heavy atom. The van der Waals surface area contributed by atoms with Gasteiger partial charge in [0.25, 0.3) is 0 Å². The summed E-state index contributed by atoms with van der Waals surface area (Å²) in [5, 5.41) is 0. The number of methoxy groups -OCH3 is 2. The fourth-order valence-corrected chi connectivity index (χ4v) is 3.79. The standard InChI is InChI=1S/C19H24BrNO4/c1-22-17-8-7-14(18(20)19(17)23-2)11-21(12-15-5-3-9-24-15)13-16-6-4-10-25-16/h3,5,7-9,16H,4,6,10-13H2,1-2H3. The molecule has 1 aliphatic rings. The number of hydrogen-bond donors (Lipinski definition) is 0. The zero-order chi connectivity index (χ0) is 17.6. The second-order valence-electron chi connectivity index (χ2n) is 6.16. The number of furan rings is 1. The van der Waals surface area contributed by atoms with Gasteiger partial charge < -0.3 is 18.6 Å². The molecule has 2 aromatic rings. The van der Waals surface area contributed by atoms with Gasteiger partial charge in [0.05, 0.1) is 37.6 Å². The van der Waals surface area contributed by atoms with E-state index in [1.807, 2.05) is 18.2 Å². The van der Waals surface area contributed by atoms with E-state index in [9.17, 15) is 0 Å².